The zero-order valence-corrected chi connectivity index (χ0v) is 18.4. The maximum absolute atomic E-state index is 13.3. The van der Waals surface area contributed by atoms with Gasteiger partial charge in [0, 0.05) is 4.90 Å². The molecule has 0 aliphatic carbocycles. The third-order valence-electron chi connectivity index (χ3n) is 5.05. The number of aryl methyl sites for hydroxylation is 1. The molecule has 160 valence electrons. The summed E-state index contributed by atoms with van der Waals surface area (Å²) in [4.78, 5) is 28.7. The summed E-state index contributed by atoms with van der Waals surface area (Å²) in [5, 5.41) is 2.86. The second-order valence-corrected chi connectivity index (χ2v) is 9.20. The number of carbonyl (C=O) groups excluding carboxylic acids is 2. The van der Waals surface area contributed by atoms with E-state index in [4.69, 9.17) is 11.5 Å². The van der Waals surface area contributed by atoms with E-state index < -0.39 is 12.1 Å². The van der Waals surface area contributed by atoms with Gasteiger partial charge in [0.05, 0.1) is 11.7 Å². The summed E-state index contributed by atoms with van der Waals surface area (Å²) in [6.45, 7) is 0.440. The number of thiol groups is 1. The van der Waals surface area contributed by atoms with Crippen LogP contribution in [0.5, 0.6) is 0 Å². The fourth-order valence-electron chi connectivity index (χ4n) is 3.39. The molecule has 0 bridgehead atoms. The fourth-order valence-corrected chi connectivity index (χ4v) is 4.97. The number of fused-ring (bicyclic) bond motifs is 1. The Bertz CT molecular complexity index is 865. The standard InChI is InChI=1S/C22H28N4O2S2/c23-14-6-9-17(21(28)26-18-10-4-5-11-19(18)30-22(26)29)25-20(27)16(24)13-12-15-7-2-1-3-8-15/h1-5,7-8,10-11,16-17,22,29H,6,9,12-14,23-24H2,(H,25,27)/t16-,17-,22?/m0/s1. The van der Waals surface area contributed by atoms with E-state index in [0.29, 0.717) is 32.2 Å². The van der Waals surface area contributed by atoms with Crippen LogP contribution in [0.15, 0.2) is 59.5 Å². The smallest absolute Gasteiger partial charge is 0.251 e. The van der Waals surface area contributed by atoms with Gasteiger partial charge in [-0.15, -0.1) is 12.6 Å². The van der Waals surface area contributed by atoms with Crippen LogP contribution in [0.4, 0.5) is 5.69 Å². The number of amides is 2. The highest BCUT2D eigenvalue weighted by Crippen LogP contribution is 2.44. The number of carbonyl (C=O) groups is 2. The van der Waals surface area contributed by atoms with Gasteiger partial charge in [-0.05, 0) is 49.9 Å². The van der Waals surface area contributed by atoms with Gasteiger partial charge in [-0.25, -0.2) is 0 Å². The molecular weight excluding hydrogens is 416 g/mol. The molecule has 0 saturated carbocycles. The lowest BCUT2D eigenvalue weighted by atomic mass is 10.0. The molecule has 2 aromatic carbocycles. The van der Waals surface area contributed by atoms with Crippen LogP contribution in [0.1, 0.15) is 24.8 Å². The molecule has 8 heteroatoms. The molecule has 5 N–H and O–H groups in total. The summed E-state index contributed by atoms with van der Waals surface area (Å²) in [5.41, 5.74) is 13.7. The van der Waals surface area contributed by atoms with Gasteiger partial charge >= 0.3 is 0 Å². The van der Waals surface area contributed by atoms with Crippen molar-refractivity contribution in [3.63, 3.8) is 0 Å². The van der Waals surface area contributed by atoms with Gasteiger partial charge < -0.3 is 16.8 Å². The molecule has 1 aliphatic heterocycles. The zero-order chi connectivity index (χ0) is 21.5. The summed E-state index contributed by atoms with van der Waals surface area (Å²) in [7, 11) is 0. The lowest BCUT2D eigenvalue weighted by molar-refractivity contribution is -0.128. The number of nitrogens with one attached hydrogen (secondary N) is 1. The van der Waals surface area contributed by atoms with E-state index in [1.165, 1.54) is 11.8 Å². The Labute approximate surface area is 187 Å². The number of para-hydroxylation sites is 1. The Morgan fingerprint density at radius 1 is 1.10 bits per heavy atom. The molecule has 6 nitrogen and oxygen atoms in total. The molecule has 2 amide bonds. The molecule has 1 aliphatic rings. The van der Waals surface area contributed by atoms with Crippen LogP contribution < -0.4 is 21.7 Å². The molecule has 2 aromatic rings. The first-order valence-corrected chi connectivity index (χ1v) is 11.5. The third-order valence-corrected chi connectivity index (χ3v) is 6.62. The van der Waals surface area contributed by atoms with Crippen LogP contribution in [0.2, 0.25) is 0 Å². The van der Waals surface area contributed by atoms with E-state index in [-0.39, 0.29) is 16.5 Å². The quantitative estimate of drug-likeness (QED) is 0.445. The lowest BCUT2D eigenvalue weighted by Gasteiger charge is -2.28. The largest absolute Gasteiger partial charge is 0.343 e. The molecule has 30 heavy (non-hydrogen) atoms. The number of thioether (sulfide) groups is 1. The number of hydrogen-bond donors (Lipinski definition) is 4. The van der Waals surface area contributed by atoms with E-state index in [9.17, 15) is 9.59 Å². The SMILES string of the molecule is NCCC[C@H](NC(=O)[C@@H](N)CCc1ccccc1)C(=O)N1c2ccccc2SC1S. The molecule has 0 fully saturated rings. The van der Waals surface area contributed by atoms with Crippen molar-refractivity contribution in [1.82, 2.24) is 5.32 Å². The minimum Gasteiger partial charge on any atom is -0.343 e. The average molecular weight is 445 g/mol. The summed E-state index contributed by atoms with van der Waals surface area (Å²) < 4.78 is -0.334. The normalized spacial score (nSPS) is 17.3. The van der Waals surface area contributed by atoms with Crippen molar-refractivity contribution in [2.24, 2.45) is 11.5 Å². The predicted octanol–water partition coefficient (Wildman–Crippen LogP) is 2.52. The van der Waals surface area contributed by atoms with Crippen molar-refractivity contribution in [2.45, 2.75) is 47.4 Å². The minimum atomic E-state index is -0.690. The monoisotopic (exact) mass is 444 g/mol. The highest BCUT2D eigenvalue weighted by atomic mass is 32.2. The molecule has 0 spiro atoms. The van der Waals surface area contributed by atoms with E-state index in [0.717, 1.165) is 16.1 Å². The topological polar surface area (TPSA) is 101 Å². The van der Waals surface area contributed by atoms with Gasteiger partial charge in [0.25, 0.3) is 5.91 Å². The number of anilines is 1. The molecule has 3 atom stereocenters. The van der Waals surface area contributed by atoms with E-state index >= 15 is 0 Å². The van der Waals surface area contributed by atoms with Gasteiger partial charge in [0.15, 0.2) is 0 Å². The second-order valence-electron chi connectivity index (χ2n) is 7.24. The Morgan fingerprint density at radius 2 is 1.80 bits per heavy atom. The van der Waals surface area contributed by atoms with Gasteiger partial charge in [-0.2, -0.15) is 0 Å². The first-order valence-electron chi connectivity index (χ1n) is 10.1. The van der Waals surface area contributed by atoms with Crippen LogP contribution in [0.3, 0.4) is 0 Å². The number of rotatable bonds is 9. The third kappa shape index (κ3) is 5.57. The lowest BCUT2D eigenvalue weighted by Crippen LogP contribution is -2.53. The van der Waals surface area contributed by atoms with Crippen molar-refractivity contribution in [1.29, 1.82) is 0 Å². The predicted molar refractivity (Wildman–Crippen MR) is 126 cm³/mol. The first-order chi connectivity index (χ1) is 14.5. The highest BCUT2D eigenvalue weighted by Gasteiger charge is 2.36. The van der Waals surface area contributed by atoms with Gasteiger partial charge in [-0.1, -0.05) is 54.2 Å². The Kier molecular flexibility index (Phi) is 8.21. The maximum Gasteiger partial charge on any atom is 0.251 e. The van der Waals surface area contributed by atoms with E-state index in [1.807, 2.05) is 54.6 Å². The Balaban J connectivity index is 1.66. The van der Waals surface area contributed by atoms with Gasteiger partial charge in [0.2, 0.25) is 5.91 Å². The number of hydrogen-bond acceptors (Lipinski definition) is 6. The minimum absolute atomic E-state index is 0.190. The van der Waals surface area contributed by atoms with Crippen molar-refractivity contribution in [3.8, 4) is 0 Å². The number of nitrogens with zero attached hydrogens (tertiary/aromatic N) is 1. The summed E-state index contributed by atoms with van der Waals surface area (Å²) in [5.74, 6) is -0.512. The summed E-state index contributed by atoms with van der Waals surface area (Å²) >= 11 is 6.08. The summed E-state index contributed by atoms with van der Waals surface area (Å²) in [6.07, 6.45) is 2.28. The number of benzene rings is 2. The first kappa shape index (κ1) is 22.7. The van der Waals surface area contributed by atoms with E-state index in [2.05, 4.69) is 17.9 Å². The number of nitrogens with two attached hydrogens (primary N) is 2. The highest BCUT2D eigenvalue weighted by molar-refractivity contribution is 8.11. The molecule has 1 unspecified atom stereocenters. The second kappa shape index (κ2) is 10.9. The van der Waals surface area contributed by atoms with Crippen molar-refractivity contribution >= 4 is 41.9 Å². The van der Waals surface area contributed by atoms with Crippen molar-refractivity contribution in [3.05, 3.63) is 60.2 Å². The molecule has 1 heterocycles. The van der Waals surface area contributed by atoms with Crippen molar-refractivity contribution < 1.29 is 9.59 Å². The van der Waals surface area contributed by atoms with Gasteiger partial charge in [0.1, 0.15) is 10.7 Å². The maximum atomic E-state index is 13.3. The van der Waals surface area contributed by atoms with Crippen LogP contribution in [0, 0.1) is 0 Å². The van der Waals surface area contributed by atoms with Crippen LogP contribution in [-0.4, -0.2) is 35.1 Å². The fraction of sp³-hybridized carbons (Fsp3) is 0.364. The molecule has 0 aromatic heterocycles. The Hall–Kier alpha value is -2.00. The molecule has 0 radical (unpaired) electrons. The molecule has 0 saturated heterocycles. The van der Waals surface area contributed by atoms with Crippen LogP contribution in [-0.2, 0) is 16.0 Å². The molecular formula is C22H28N4O2S2. The Morgan fingerprint density at radius 3 is 2.53 bits per heavy atom. The van der Waals surface area contributed by atoms with Crippen molar-refractivity contribution in [2.75, 3.05) is 11.4 Å². The van der Waals surface area contributed by atoms with E-state index in [1.54, 1.807) is 4.90 Å². The van der Waals surface area contributed by atoms with Gasteiger partial charge in [-0.3, -0.25) is 14.5 Å². The average Bonchev–Trinajstić information content (AvgIpc) is 3.10. The van der Waals surface area contributed by atoms with Crippen LogP contribution >= 0.6 is 24.4 Å². The zero-order valence-electron chi connectivity index (χ0n) is 16.7. The summed E-state index contributed by atoms with van der Waals surface area (Å²) in [6, 6.07) is 16.2. The van der Waals surface area contributed by atoms with Crippen LogP contribution in [0.25, 0.3) is 0 Å². The molecule has 3 rings (SSSR count).